The van der Waals surface area contributed by atoms with Crippen LogP contribution in [-0.4, -0.2) is 32.9 Å². The smallest absolute Gasteiger partial charge is 0.175 e. The van der Waals surface area contributed by atoms with Crippen LogP contribution in [0, 0.1) is 5.41 Å². The second-order valence-corrected chi connectivity index (χ2v) is 7.86. The van der Waals surface area contributed by atoms with Crippen molar-refractivity contribution in [1.29, 1.82) is 0 Å². The van der Waals surface area contributed by atoms with Crippen LogP contribution < -0.4 is 5.32 Å². The fraction of sp³-hybridized carbons (Fsp3) is 0.600. The first-order chi connectivity index (χ1) is 9.36. The Labute approximate surface area is 121 Å². The van der Waals surface area contributed by atoms with Gasteiger partial charge in [-0.05, 0) is 42.4 Å². The van der Waals surface area contributed by atoms with Crippen LogP contribution in [-0.2, 0) is 9.84 Å². The van der Waals surface area contributed by atoms with Crippen LogP contribution in [0.2, 0.25) is 0 Å². The molecule has 1 fully saturated rings. The van der Waals surface area contributed by atoms with Gasteiger partial charge in [0, 0.05) is 19.3 Å². The third kappa shape index (κ3) is 3.81. The largest absolute Gasteiger partial charge is 0.387 e. The van der Waals surface area contributed by atoms with Crippen LogP contribution in [0.4, 0.5) is 0 Å². The lowest BCUT2D eigenvalue weighted by Crippen LogP contribution is -2.28. The van der Waals surface area contributed by atoms with Crippen molar-refractivity contribution in [3.05, 3.63) is 29.8 Å². The van der Waals surface area contributed by atoms with Gasteiger partial charge in [-0.2, -0.15) is 0 Å². The second kappa shape index (κ2) is 5.84. The predicted octanol–water partition coefficient (Wildman–Crippen LogP) is 1.90. The summed E-state index contributed by atoms with van der Waals surface area (Å²) in [6.45, 7) is 3.65. The Balaban J connectivity index is 1.87. The Kier molecular flexibility index (Phi) is 4.52. The van der Waals surface area contributed by atoms with E-state index in [2.05, 4.69) is 12.2 Å². The van der Waals surface area contributed by atoms with E-state index < -0.39 is 15.9 Å². The van der Waals surface area contributed by atoms with Gasteiger partial charge in [-0.25, -0.2) is 8.42 Å². The highest BCUT2D eigenvalue weighted by molar-refractivity contribution is 7.90. The Bertz CT molecular complexity index is 547. The SMILES string of the molecule is CCC1(CNCC(O)c2ccc(S(C)(=O)=O)cc2)CC1. The van der Waals surface area contributed by atoms with Gasteiger partial charge in [-0.3, -0.25) is 0 Å². The molecule has 1 aliphatic rings. The molecule has 0 heterocycles. The number of benzene rings is 1. The molecule has 0 amide bonds. The zero-order valence-corrected chi connectivity index (χ0v) is 12.9. The minimum Gasteiger partial charge on any atom is -0.387 e. The lowest BCUT2D eigenvalue weighted by molar-refractivity contribution is 0.171. The Morgan fingerprint density at radius 3 is 2.35 bits per heavy atom. The average Bonchev–Trinajstić information content (AvgIpc) is 3.18. The van der Waals surface area contributed by atoms with Crippen molar-refractivity contribution in [2.45, 2.75) is 37.2 Å². The fourth-order valence-corrected chi connectivity index (χ4v) is 2.99. The molecule has 0 saturated heterocycles. The summed E-state index contributed by atoms with van der Waals surface area (Å²) in [6.07, 6.45) is 4.31. The minimum absolute atomic E-state index is 0.282. The highest BCUT2D eigenvalue weighted by atomic mass is 32.2. The maximum Gasteiger partial charge on any atom is 0.175 e. The van der Waals surface area contributed by atoms with Gasteiger partial charge in [-0.15, -0.1) is 0 Å². The predicted molar refractivity (Wildman–Crippen MR) is 79.3 cm³/mol. The van der Waals surface area contributed by atoms with Gasteiger partial charge in [0.15, 0.2) is 9.84 Å². The molecule has 0 spiro atoms. The molecule has 4 nitrogen and oxygen atoms in total. The third-order valence-corrected chi connectivity index (χ3v) is 5.37. The van der Waals surface area contributed by atoms with Crippen LogP contribution in [0.1, 0.15) is 37.9 Å². The molecule has 112 valence electrons. The number of aliphatic hydroxyl groups is 1. The monoisotopic (exact) mass is 297 g/mol. The number of hydrogen-bond acceptors (Lipinski definition) is 4. The normalized spacial score (nSPS) is 18.8. The molecule has 0 bridgehead atoms. The molecule has 5 heteroatoms. The van der Waals surface area contributed by atoms with Crippen LogP contribution in [0.15, 0.2) is 29.2 Å². The first-order valence-electron chi connectivity index (χ1n) is 7.05. The van der Waals surface area contributed by atoms with Crippen molar-refractivity contribution in [2.24, 2.45) is 5.41 Å². The summed E-state index contributed by atoms with van der Waals surface area (Å²) in [5.41, 5.74) is 1.20. The lowest BCUT2D eigenvalue weighted by Gasteiger charge is -2.16. The Morgan fingerprint density at radius 1 is 1.30 bits per heavy atom. The van der Waals surface area contributed by atoms with Crippen molar-refractivity contribution < 1.29 is 13.5 Å². The lowest BCUT2D eigenvalue weighted by atomic mass is 10.0. The molecular weight excluding hydrogens is 274 g/mol. The van der Waals surface area contributed by atoms with Gasteiger partial charge in [0.05, 0.1) is 11.0 Å². The summed E-state index contributed by atoms with van der Waals surface area (Å²) in [7, 11) is -3.17. The summed E-state index contributed by atoms with van der Waals surface area (Å²) in [5, 5.41) is 13.4. The summed E-state index contributed by atoms with van der Waals surface area (Å²) in [6, 6.07) is 6.44. The molecule has 0 radical (unpaired) electrons. The molecule has 1 aromatic carbocycles. The van der Waals surface area contributed by atoms with Crippen LogP contribution in [0.3, 0.4) is 0 Å². The van der Waals surface area contributed by atoms with Gasteiger partial charge in [-0.1, -0.05) is 19.1 Å². The van der Waals surface area contributed by atoms with Gasteiger partial charge in [0.25, 0.3) is 0 Å². The average molecular weight is 297 g/mol. The van der Waals surface area contributed by atoms with Crippen LogP contribution in [0.25, 0.3) is 0 Å². The maximum absolute atomic E-state index is 11.4. The van der Waals surface area contributed by atoms with E-state index in [9.17, 15) is 13.5 Å². The molecule has 1 atom stereocenters. The number of aliphatic hydroxyl groups excluding tert-OH is 1. The van der Waals surface area contributed by atoms with Gasteiger partial charge in [0.1, 0.15) is 0 Å². The fourth-order valence-electron chi connectivity index (χ4n) is 2.36. The Hall–Kier alpha value is -0.910. The number of rotatable bonds is 7. The summed E-state index contributed by atoms with van der Waals surface area (Å²) >= 11 is 0. The minimum atomic E-state index is -3.17. The second-order valence-electron chi connectivity index (χ2n) is 5.84. The van der Waals surface area contributed by atoms with Crippen molar-refractivity contribution in [3.8, 4) is 0 Å². The molecule has 1 unspecified atom stereocenters. The quantitative estimate of drug-likeness (QED) is 0.807. The van der Waals surface area contributed by atoms with E-state index in [-0.39, 0.29) is 4.90 Å². The van der Waals surface area contributed by atoms with Crippen molar-refractivity contribution in [3.63, 3.8) is 0 Å². The molecular formula is C15H23NO3S. The van der Waals surface area contributed by atoms with Crippen LogP contribution in [0.5, 0.6) is 0 Å². The Morgan fingerprint density at radius 2 is 1.90 bits per heavy atom. The zero-order chi connectivity index (χ0) is 14.8. The van der Waals surface area contributed by atoms with Crippen molar-refractivity contribution >= 4 is 9.84 Å². The summed E-state index contributed by atoms with van der Waals surface area (Å²) < 4.78 is 22.7. The van der Waals surface area contributed by atoms with E-state index in [4.69, 9.17) is 0 Å². The third-order valence-electron chi connectivity index (χ3n) is 4.24. The first kappa shape index (κ1) is 15.5. The van der Waals surface area contributed by atoms with E-state index in [0.717, 1.165) is 12.1 Å². The highest BCUT2D eigenvalue weighted by Crippen LogP contribution is 2.47. The molecule has 0 aromatic heterocycles. The molecule has 2 N–H and O–H groups in total. The van der Waals surface area contributed by atoms with E-state index in [1.807, 2.05) is 0 Å². The van der Waals surface area contributed by atoms with Crippen molar-refractivity contribution in [1.82, 2.24) is 5.32 Å². The maximum atomic E-state index is 11.4. The number of nitrogens with one attached hydrogen (secondary N) is 1. The zero-order valence-electron chi connectivity index (χ0n) is 12.1. The molecule has 1 saturated carbocycles. The highest BCUT2D eigenvalue weighted by Gasteiger charge is 2.39. The molecule has 20 heavy (non-hydrogen) atoms. The van der Waals surface area contributed by atoms with Crippen LogP contribution >= 0.6 is 0 Å². The molecule has 1 aromatic rings. The van der Waals surface area contributed by atoms with Gasteiger partial charge >= 0.3 is 0 Å². The van der Waals surface area contributed by atoms with Gasteiger partial charge < -0.3 is 10.4 Å². The first-order valence-corrected chi connectivity index (χ1v) is 8.94. The summed E-state index contributed by atoms with van der Waals surface area (Å²) in [4.78, 5) is 0.282. The molecule has 0 aliphatic heterocycles. The number of hydrogen-bond donors (Lipinski definition) is 2. The van der Waals surface area contributed by atoms with E-state index in [1.165, 1.54) is 25.5 Å². The summed E-state index contributed by atoms with van der Waals surface area (Å²) in [5.74, 6) is 0. The molecule has 1 aliphatic carbocycles. The number of sulfone groups is 1. The van der Waals surface area contributed by atoms with Gasteiger partial charge in [0.2, 0.25) is 0 Å². The topological polar surface area (TPSA) is 66.4 Å². The van der Waals surface area contributed by atoms with E-state index in [1.54, 1.807) is 24.3 Å². The van der Waals surface area contributed by atoms with E-state index in [0.29, 0.717) is 12.0 Å². The standard InChI is InChI=1S/C15H23NO3S/c1-3-15(8-9-15)11-16-10-14(17)12-4-6-13(7-5-12)20(2,18)19/h4-7,14,16-17H,3,8-11H2,1-2H3. The van der Waals surface area contributed by atoms with Crippen molar-refractivity contribution in [2.75, 3.05) is 19.3 Å². The van der Waals surface area contributed by atoms with E-state index >= 15 is 0 Å². The molecule has 2 rings (SSSR count).